The third-order valence-corrected chi connectivity index (χ3v) is 16.7. The van der Waals surface area contributed by atoms with Gasteiger partial charge in [0.25, 0.3) is 0 Å². The standard InChI is InChI=1S/C45H71N3O7/c1-28(2)37-31(49)22-45(34(50)25-48(21-20-47(10)11)24-29-26-54-27-46-29)19-18-43(8)30(38(37)45)12-13-33-42(7)16-15-35(55-36(51)23-40(3,4)39(52)53)41(5,6)32(42)14-17-44(33,43)9/h26-28,30,32-35,50H,12-25H2,1-11H3,(H,52,53)/t30-,32+,33-,34?,35+,42+,43-,44-,45?/m1/s1. The van der Waals surface area contributed by atoms with Crippen LogP contribution in [0.3, 0.4) is 0 Å². The lowest BCUT2D eigenvalue weighted by Gasteiger charge is -2.72. The number of oxazole rings is 1. The molecule has 1 aromatic rings. The van der Waals surface area contributed by atoms with Gasteiger partial charge in [-0.15, -0.1) is 0 Å². The van der Waals surface area contributed by atoms with Crippen LogP contribution in [-0.2, 0) is 25.7 Å². The molecule has 0 spiro atoms. The number of carbonyl (C=O) groups is 3. The molecule has 6 rings (SSSR count). The quantitative estimate of drug-likeness (QED) is 0.192. The van der Waals surface area contributed by atoms with Gasteiger partial charge >= 0.3 is 11.9 Å². The van der Waals surface area contributed by atoms with E-state index in [9.17, 15) is 24.6 Å². The lowest BCUT2D eigenvalue weighted by molar-refractivity contribution is -0.235. The molecule has 5 aliphatic carbocycles. The summed E-state index contributed by atoms with van der Waals surface area (Å²) in [6.45, 7) is 22.3. The molecule has 0 saturated heterocycles. The van der Waals surface area contributed by atoms with E-state index in [2.05, 4.69) is 77.3 Å². The summed E-state index contributed by atoms with van der Waals surface area (Å²) in [6.07, 6.45) is 10.2. The van der Waals surface area contributed by atoms with Gasteiger partial charge in [-0.2, -0.15) is 0 Å². The summed E-state index contributed by atoms with van der Waals surface area (Å²) in [4.78, 5) is 48.0. The van der Waals surface area contributed by atoms with Gasteiger partial charge in [0.05, 0.1) is 23.6 Å². The number of likely N-dealkylation sites (N-methyl/N-ethyl adjacent to an activating group) is 1. The minimum atomic E-state index is -1.17. The highest BCUT2D eigenvalue weighted by atomic mass is 16.5. The largest absolute Gasteiger partial charge is 0.481 e. The number of aromatic nitrogens is 1. The molecule has 5 aliphatic rings. The van der Waals surface area contributed by atoms with E-state index in [0.29, 0.717) is 31.3 Å². The molecule has 0 aromatic carbocycles. The van der Waals surface area contributed by atoms with E-state index in [-0.39, 0.29) is 51.8 Å². The molecule has 4 saturated carbocycles. The Bertz CT molecular complexity index is 1650. The number of aliphatic hydroxyl groups is 1. The maximum Gasteiger partial charge on any atom is 0.309 e. The van der Waals surface area contributed by atoms with Gasteiger partial charge in [0.2, 0.25) is 0 Å². The minimum Gasteiger partial charge on any atom is -0.481 e. The van der Waals surface area contributed by atoms with Crippen molar-refractivity contribution >= 4 is 17.7 Å². The Morgan fingerprint density at radius 1 is 0.982 bits per heavy atom. The fourth-order valence-electron chi connectivity index (χ4n) is 13.5. The Balaban J connectivity index is 1.28. The molecule has 0 amide bonds. The van der Waals surface area contributed by atoms with Crippen LogP contribution in [0.1, 0.15) is 132 Å². The number of esters is 1. The van der Waals surface area contributed by atoms with Gasteiger partial charge < -0.3 is 24.3 Å². The first kappa shape index (κ1) is 42.1. The number of hydrogen-bond donors (Lipinski definition) is 2. The highest BCUT2D eigenvalue weighted by Crippen LogP contribution is 2.77. The lowest BCUT2D eigenvalue weighted by Crippen LogP contribution is -2.66. The maximum atomic E-state index is 14.2. The molecule has 10 nitrogen and oxygen atoms in total. The van der Waals surface area contributed by atoms with Crippen LogP contribution in [0.4, 0.5) is 0 Å². The number of Topliss-reactive ketones (excluding diaryl/α,β-unsaturated/α-hetero) is 1. The molecular weight excluding hydrogens is 695 g/mol. The van der Waals surface area contributed by atoms with Crippen LogP contribution in [0.15, 0.2) is 28.2 Å². The van der Waals surface area contributed by atoms with Gasteiger partial charge in [0.1, 0.15) is 12.4 Å². The third kappa shape index (κ3) is 6.96. The number of aliphatic carboxylic acids is 1. The van der Waals surface area contributed by atoms with Crippen molar-refractivity contribution in [3.8, 4) is 0 Å². The predicted octanol–water partition coefficient (Wildman–Crippen LogP) is 7.79. The Hall–Kier alpha value is -2.56. The minimum absolute atomic E-state index is 0.0333. The summed E-state index contributed by atoms with van der Waals surface area (Å²) < 4.78 is 11.5. The number of hydrogen-bond acceptors (Lipinski definition) is 9. The molecule has 0 aliphatic heterocycles. The van der Waals surface area contributed by atoms with E-state index in [0.717, 1.165) is 75.7 Å². The predicted molar refractivity (Wildman–Crippen MR) is 212 cm³/mol. The van der Waals surface area contributed by atoms with E-state index in [1.54, 1.807) is 20.1 Å². The zero-order valence-corrected chi connectivity index (χ0v) is 35.8. The number of ketones is 1. The smallest absolute Gasteiger partial charge is 0.309 e. The Morgan fingerprint density at radius 3 is 2.31 bits per heavy atom. The average molecular weight is 766 g/mol. The van der Waals surface area contributed by atoms with Gasteiger partial charge in [0, 0.05) is 43.4 Å². The van der Waals surface area contributed by atoms with Crippen LogP contribution in [0.2, 0.25) is 0 Å². The molecular formula is C45H71N3O7. The van der Waals surface area contributed by atoms with E-state index in [1.165, 1.54) is 12.0 Å². The van der Waals surface area contributed by atoms with Crippen LogP contribution in [0.25, 0.3) is 0 Å². The summed E-state index contributed by atoms with van der Waals surface area (Å²) >= 11 is 0. The number of nitrogens with zero attached hydrogens (tertiary/aromatic N) is 3. The van der Waals surface area contributed by atoms with Crippen molar-refractivity contribution in [2.24, 2.45) is 56.2 Å². The number of aliphatic hydroxyl groups excluding tert-OH is 1. The number of rotatable bonds is 13. The first-order valence-electron chi connectivity index (χ1n) is 21.2. The molecule has 1 heterocycles. The fourth-order valence-corrected chi connectivity index (χ4v) is 13.5. The zero-order chi connectivity index (χ0) is 40.5. The second-order valence-electron chi connectivity index (χ2n) is 21.1. The van der Waals surface area contributed by atoms with E-state index in [4.69, 9.17) is 9.15 Å². The molecule has 2 unspecified atom stereocenters. The molecule has 2 N–H and O–H groups in total. The first-order chi connectivity index (χ1) is 25.5. The summed E-state index contributed by atoms with van der Waals surface area (Å²) in [5, 5.41) is 22.2. The van der Waals surface area contributed by atoms with Crippen molar-refractivity contribution in [2.75, 3.05) is 33.7 Å². The summed E-state index contributed by atoms with van der Waals surface area (Å²) in [7, 11) is 4.13. The monoisotopic (exact) mass is 766 g/mol. The average Bonchev–Trinajstić information content (AvgIpc) is 3.70. The molecule has 55 heavy (non-hydrogen) atoms. The number of ether oxygens (including phenoxy) is 1. The molecule has 4 fully saturated rings. The van der Waals surface area contributed by atoms with Crippen LogP contribution >= 0.6 is 0 Å². The summed E-state index contributed by atoms with van der Waals surface area (Å²) in [5.74, 6) is -0.0222. The van der Waals surface area contributed by atoms with Crippen molar-refractivity contribution in [3.05, 3.63) is 29.5 Å². The molecule has 0 radical (unpaired) electrons. The molecule has 9 atom stereocenters. The summed E-state index contributed by atoms with van der Waals surface area (Å²) in [5.41, 5.74) is 1.18. The van der Waals surface area contributed by atoms with Gasteiger partial charge in [-0.25, -0.2) is 4.98 Å². The number of fused-ring (bicyclic) bond motifs is 7. The molecule has 0 bridgehead atoms. The summed E-state index contributed by atoms with van der Waals surface area (Å²) in [6, 6.07) is 0. The zero-order valence-electron chi connectivity index (χ0n) is 35.8. The van der Waals surface area contributed by atoms with Gasteiger partial charge in [-0.1, -0.05) is 54.0 Å². The van der Waals surface area contributed by atoms with Crippen LogP contribution in [-0.4, -0.2) is 88.7 Å². The Kier molecular flexibility index (Phi) is 11.2. The third-order valence-electron chi connectivity index (χ3n) is 16.7. The van der Waals surface area contributed by atoms with E-state index in [1.807, 2.05) is 0 Å². The highest BCUT2D eigenvalue weighted by Gasteiger charge is 2.71. The van der Waals surface area contributed by atoms with Crippen LogP contribution in [0.5, 0.6) is 0 Å². The van der Waals surface area contributed by atoms with Crippen molar-refractivity contribution in [3.63, 3.8) is 0 Å². The number of carboxylic acid groups (broad SMARTS) is 1. The number of carboxylic acids is 1. The molecule has 1 aromatic heterocycles. The van der Waals surface area contributed by atoms with Gasteiger partial charge in [0.15, 0.2) is 12.2 Å². The van der Waals surface area contributed by atoms with Gasteiger partial charge in [-0.3, -0.25) is 19.3 Å². The van der Waals surface area contributed by atoms with Crippen molar-refractivity contribution < 1.29 is 33.8 Å². The highest BCUT2D eigenvalue weighted by molar-refractivity contribution is 6.00. The van der Waals surface area contributed by atoms with Crippen molar-refractivity contribution in [1.82, 2.24) is 14.8 Å². The number of carbonyl (C=O) groups excluding carboxylic acids is 2. The van der Waals surface area contributed by atoms with Crippen molar-refractivity contribution in [2.45, 2.75) is 145 Å². The first-order valence-corrected chi connectivity index (χ1v) is 21.2. The number of allylic oxidation sites excluding steroid dienone is 1. The Labute approximate surface area is 330 Å². The normalized spacial score (nSPS) is 36.4. The second-order valence-corrected chi connectivity index (χ2v) is 21.1. The van der Waals surface area contributed by atoms with Crippen LogP contribution in [0, 0.1) is 56.2 Å². The van der Waals surface area contributed by atoms with Crippen molar-refractivity contribution in [1.29, 1.82) is 0 Å². The second kappa shape index (κ2) is 14.7. The lowest BCUT2D eigenvalue weighted by atomic mass is 9.33. The SMILES string of the molecule is CC(C)C1=C2[C@H]3CC[C@@H]4[C@@]5(C)CC[C@H](OC(=O)CC(C)(C)C(=O)O)C(C)(C)[C@@H]5CC[C@@]4(C)[C@]3(C)CCC2(C(O)CN(CCN(C)C)Cc2cocn2)CC1=O. The van der Waals surface area contributed by atoms with E-state index >= 15 is 0 Å². The Morgan fingerprint density at radius 2 is 1.69 bits per heavy atom. The molecule has 308 valence electrons. The maximum absolute atomic E-state index is 14.2. The fraction of sp³-hybridized carbons (Fsp3) is 0.822. The van der Waals surface area contributed by atoms with Crippen LogP contribution < -0.4 is 0 Å². The topological polar surface area (TPSA) is 133 Å². The molecule has 10 heteroatoms. The van der Waals surface area contributed by atoms with E-state index < -0.39 is 28.9 Å². The van der Waals surface area contributed by atoms with Gasteiger partial charge in [-0.05, 0) is 125 Å².